The monoisotopic (exact) mass is 462 g/mol. The van der Waals surface area contributed by atoms with Gasteiger partial charge in [0.1, 0.15) is 11.7 Å². The lowest BCUT2D eigenvalue weighted by atomic mass is 9.43. The fraction of sp³-hybridized carbons (Fsp3) is 0.931. The Bertz CT molecular complexity index is 763. The maximum atomic E-state index is 12.2. The number of hydrogen-bond acceptors (Lipinski definition) is 4. The zero-order valence-corrected chi connectivity index (χ0v) is 22.0. The fourth-order valence-corrected chi connectivity index (χ4v) is 9.17. The Hall–Kier alpha value is -0.420. The van der Waals surface area contributed by atoms with Crippen LogP contribution < -0.4 is 0 Å². The highest BCUT2D eigenvalue weighted by Crippen LogP contribution is 2.69. The second-order valence-electron chi connectivity index (χ2n) is 13.3. The highest BCUT2D eigenvalue weighted by molar-refractivity contribution is 5.40. The molecule has 4 aliphatic rings. The van der Waals surface area contributed by atoms with E-state index in [1.54, 1.807) is 6.08 Å². The van der Waals surface area contributed by atoms with Gasteiger partial charge in [0, 0.05) is 11.8 Å². The molecule has 0 radical (unpaired) electrons. The van der Waals surface area contributed by atoms with E-state index < -0.39 is 28.8 Å². The Kier molecular flexibility index (Phi) is 6.69. The first kappa shape index (κ1) is 25.7. The van der Waals surface area contributed by atoms with Gasteiger partial charge in [-0.05, 0) is 85.5 Å². The summed E-state index contributed by atoms with van der Waals surface area (Å²) in [5.41, 5.74) is -2.28. The molecule has 0 bridgehead atoms. The molecule has 4 nitrogen and oxygen atoms in total. The zero-order valence-electron chi connectivity index (χ0n) is 22.0. The average Bonchev–Trinajstić information content (AvgIpc) is 3.10. The topological polar surface area (TPSA) is 80.9 Å². The van der Waals surface area contributed by atoms with Gasteiger partial charge in [-0.25, -0.2) is 0 Å². The van der Waals surface area contributed by atoms with Crippen LogP contribution in [-0.4, -0.2) is 43.8 Å². The first-order chi connectivity index (χ1) is 15.3. The van der Waals surface area contributed by atoms with Gasteiger partial charge in [0.25, 0.3) is 0 Å². The Morgan fingerprint density at radius 2 is 1.67 bits per heavy atom. The maximum Gasteiger partial charge on any atom is 0.105 e. The van der Waals surface area contributed by atoms with Gasteiger partial charge in [-0.2, -0.15) is 0 Å². The van der Waals surface area contributed by atoms with Gasteiger partial charge in [0.2, 0.25) is 0 Å². The molecular formula is C29H50O4. The molecule has 0 aromatic heterocycles. The average molecular weight is 463 g/mol. The number of hydrogen-bond donors (Lipinski definition) is 4. The van der Waals surface area contributed by atoms with Crippen LogP contribution in [-0.2, 0) is 0 Å². The van der Waals surface area contributed by atoms with Crippen molar-refractivity contribution < 1.29 is 20.4 Å². The Morgan fingerprint density at radius 3 is 2.30 bits per heavy atom. The number of aliphatic hydroxyl groups excluding tert-OH is 2. The van der Waals surface area contributed by atoms with E-state index in [0.29, 0.717) is 31.1 Å². The fourth-order valence-electron chi connectivity index (χ4n) is 9.17. The summed E-state index contributed by atoms with van der Waals surface area (Å²) in [7, 11) is 0. The molecule has 0 aromatic rings. The molecule has 190 valence electrons. The molecule has 0 spiro atoms. The van der Waals surface area contributed by atoms with Crippen LogP contribution in [0.15, 0.2) is 11.6 Å². The SMILES string of the molecule is CCC(CCC(C)C1CCC2C3=CC(O)C4(O)CC(O)CCC4(C)C3(O)CCC21C)C(C)C. The van der Waals surface area contributed by atoms with Crippen LogP contribution in [0.4, 0.5) is 0 Å². The lowest BCUT2D eigenvalue weighted by molar-refractivity contribution is -0.258. The first-order valence-electron chi connectivity index (χ1n) is 13.9. The van der Waals surface area contributed by atoms with Crippen LogP contribution in [0.2, 0.25) is 0 Å². The Labute approximate surface area is 201 Å². The lowest BCUT2D eigenvalue weighted by Gasteiger charge is -2.65. The van der Waals surface area contributed by atoms with Crippen molar-refractivity contribution in [2.75, 3.05) is 0 Å². The molecule has 4 heteroatoms. The third-order valence-electron chi connectivity index (χ3n) is 11.7. The molecule has 0 heterocycles. The van der Waals surface area contributed by atoms with Crippen LogP contribution in [0.3, 0.4) is 0 Å². The molecule has 10 unspecified atom stereocenters. The lowest BCUT2D eigenvalue weighted by Crippen LogP contribution is -2.72. The van der Waals surface area contributed by atoms with E-state index in [9.17, 15) is 20.4 Å². The minimum atomic E-state index is -1.48. The van der Waals surface area contributed by atoms with E-state index in [1.807, 2.05) is 6.92 Å². The van der Waals surface area contributed by atoms with Crippen LogP contribution in [0.5, 0.6) is 0 Å². The molecular weight excluding hydrogens is 412 g/mol. The van der Waals surface area contributed by atoms with Crippen LogP contribution >= 0.6 is 0 Å². The smallest absolute Gasteiger partial charge is 0.105 e. The summed E-state index contributed by atoms with van der Waals surface area (Å²) in [6.07, 6.45) is 9.04. The molecule has 4 rings (SSSR count). The van der Waals surface area contributed by atoms with Gasteiger partial charge in [-0.1, -0.05) is 60.5 Å². The number of rotatable bonds is 6. The maximum absolute atomic E-state index is 12.2. The standard InChI is InChI=1S/C29H50O4/c1-7-20(18(2)3)9-8-19(4)22-10-11-23-24-16-25(31)29(33)17-21(30)12-13-27(29,6)28(24,32)15-14-26(22,23)5/h16,18-23,25,30-33H,7-15,17H2,1-6H3. The Balaban J connectivity index is 1.60. The second kappa shape index (κ2) is 8.61. The summed E-state index contributed by atoms with van der Waals surface area (Å²) in [5, 5.41) is 45.3. The molecule has 0 aromatic carbocycles. The summed E-state index contributed by atoms with van der Waals surface area (Å²) in [6.45, 7) is 13.9. The molecule has 0 saturated heterocycles. The highest BCUT2D eigenvalue weighted by Gasteiger charge is 2.71. The van der Waals surface area contributed by atoms with Crippen molar-refractivity contribution in [1.82, 2.24) is 0 Å². The molecule has 3 fully saturated rings. The van der Waals surface area contributed by atoms with Gasteiger partial charge in [0.05, 0.1) is 11.7 Å². The van der Waals surface area contributed by atoms with Crippen molar-refractivity contribution in [2.24, 2.45) is 40.4 Å². The van der Waals surface area contributed by atoms with Gasteiger partial charge in [0.15, 0.2) is 0 Å². The molecule has 4 N–H and O–H groups in total. The summed E-state index contributed by atoms with van der Waals surface area (Å²) in [6, 6.07) is 0. The third-order valence-corrected chi connectivity index (χ3v) is 11.7. The summed E-state index contributed by atoms with van der Waals surface area (Å²) in [5.74, 6) is 3.09. The first-order valence-corrected chi connectivity index (χ1v) is 13.9. The van der Waals surface area contributed by atoms with E-state index in [-0.39, 0.29) is 17.8 Å². The van der Waals surface area contributed by atoms with Crippen LogP contribution in [0.25, 0.3) is 0 Å². The predicted molar refractivity (Wildman–Crippen MR) is 133 cm³/mol. The van der Waals surface area contributed by atoms with Crippen molar-refractivity contribution in [1.29, 1.82) is 0 Å². The molecule has 33 heavy (non-hydrogen) atoms. The van der Waals surface area contributed by atoms with E-state index in [2.05, 4.69) is 34.6 Å². The van der Waals surface area contributed by atoms with E-state index in [0.717, 1.165) is 30.3 Å². The Morgan fingerprint density at radius 1 is 0.970 bits per heavy atom. The van der Waals surface area contributed by atoms with Crippen LogP contribution in [0, 0.1) is 40.4 Å². The molecule has 0 aliphatic heterocycles. The van der Waals surface area contributed by atoms with E-state index in [4.69, 9.17) is 0 Å². The third kappa shape index (κ3) is 3.60. The summed E-state index contributed by atoms with van der Waals surface area (Å²) in [4.78, 5) is 0. The summed E-state index contributed by atoms with van der Waals surface area (Å²) < 4.78 is 0. The number of fused-ring (bicyclic) bond motifs is 5. The highest BCUT2D eigenvalue weighted by atomic mass is 16.4. The predicted octanol–water partition coefficient (Wildman–Crippen LogP) is 5.23. The van der Waals surface area contributed by atoms with Gasteiger partial charge in [-0.15, -0.1) is 0 Å². The van der Waals surface area contributed by atoms with Crippen LogP contribution in [0.1, 0.15) is 106 Å². The largest absolute Gasteiger partial charge is 0.393 e. The van der Waals surface area contributed by atoms with Crippen molar-refractivity contribution in [2.45, 2.75) is 129 Å². The molecule has 0 amide bonds. The summed E-state index contributed by atoms with van der Waals surface area (Å²) >= 11 is 0. The minimum absolute atomic E-state index is 0.132. The van der Waals surface area contributed by atoms with Gasteiger partial charge >= 0.3 is 0 Å². The van der Waals surface area contributed by atoms with Gasteiger partial charge in [-0.3, -0.25) is 0 Å². The molecule has 10 atom stereocenters. The van der Waals surface area contributed by atoms with Crippen molar-refractivity contribution in [3.63, 3.8) is 0 Å². The normalized spacial score (nSPS) is 49.1. The molecule has 4 aliphatic carbocycles. The second-order valence-corrected chi connectivity index (χ2v) is 13.3. The minimum Gasteiger partial charge on any atom is -0.393 e. The van der Waals surface area contributed by atoms with E-state index >= 15 is 0 Å². The van der Waals surface area contributed by atoms with E-state index in [1.165, 1.54) is 25.7 Å². The zero-order chi connectivity index (χ0) is 24.4. The number of aliphatic hydroxyl groups is 4. The van der Waals surface area contributed by atoms with Crippen molar-refractivity contribution in [3.05, 3.63) is 11.6 Å². The van der Waals surface area contributed by atoms with Gasteiger partial charge < -0.3 is 20.4 Å². The molecule has 3 saturated carbocycles. The van der Waals surface area contributed by atoms with Crippen molar-refractivity contribution in [3.8, 4) is 0 Å². The quantitative estimate of drug-likeness (QED) is 0.408. The van der Waals surface area contributed by atoms with Crippen molar-refractivity contribution >= 4 is 0 Å².